The summed E-state index contributed by atoms with van der Waals surface area (Å²) in [7, 11) is -1.54. The number of methoxy groups -OCH3 is 1. The van der Waals surface area contributed by atoms with Gasteiger partial charge in [-0.25, -0.2) is 14.2 Å². The Hall–Kier alpha value is -4.95. The first kappa shape index (κ1) is 40.2. The Bertz CT molecular complexity index is 1920. The zero-order valence-corrected chi connectivity index (χ0v) is 32.4. The van der Waals surface area contributed by atoms with Gasteiger partial charge in [-0.05, 0) is 60.7 Å². The molecule has 14 heteroatoms. The van der Waals surface area contributed by atoms with Gasteiger partial charge >= 0.3 is 12.2 Å². The number of hydrogen-bond acceptors (Lipinski definition) is 6. The molecule has 4 aromatic rings. The summed E-state index contributed by atoms with van der Waals surface area (Å²) in [6.07, 6.45) is -4.41. The Kier molecular flexibility index (Phi) is 12.1. The van der Waals surface area contributed by atoms with Gasteiger partial charge in [0.25, 0.3) is 14.2 Å². The van der Waals surface area contributed by atoms with E-state index in [4.69, 9.17) is 13.9 Å². The normalized spacial score (nSPS) is 15.5. The highest BCUT2D eigenvalue weighted by Gasteiger charge is 2.51. The van der Waals surface area contributed by atoms with Crippen molar-refractivity contribution in [2.24, 2.45) is 0 Å². The van der Waals surface area contributed by atoms with Crippen LogP contribution in [-0.2, 0) is 4.43 Å². The highest BCUT2D eigenvalue weighted by Crippen LogP contribution is 2.38. The van der Waals surface area contributed by atoms with E-state index < -0.39 is 55.4 Å². The number of anilines is 2. The molecule has 3 aromatic carbocycles. The number of ether oxygens (including phenoxy) is 2. The molecule has 1 aliphatic heterocycles. The van der Waals surface area contributed by atoms with Gasteiger partial charge in [0, 0.05) is 24.4 Å². The quantitative estimate of drug-likeness (QED) is 0.119. The summed E-state index contributed by atoms with van der Waals surface area (Å²) >= 11 is 0. The Labute approximate surface area is 314 Å². The molecule has 3 amide bonds. The van der Waals surface area contributed by atoms with Crippen LogP contribution in [0, 0.1) is 19.7 Å². The van der Waals surface area contributed by atoms with Crippen molar-refractivity contribution in [3.8, 4) is 11.6 Å². The van der Waals surface area contributed by atoms with Crippen molar-refractivity contribution < 1.29 is 41.1 Å². The van der Waals surface area contributed by atoms with E-state index in [0.29, 0.717) is 36.2 Å². The molecule has 9 nitrogen and oxygen atoms in total. The second-order valence-electron chi connectivity index (χ2n) is 14.4. The van der Waals surface area contributed by atoms with Crippen molar-refractivity contribution in [1.82, 2.24) is 9.88 Å². The number of aryl methyl sites for hydroxylation is 1. The average molecular weight is 767 g/mol. The molecule has 54 heavy (non-hydrogen) atoms. The van der Waals surface area contributed by atoms with Gasteiger partial charge in [-0.3, -0.25) is 4.79 Å². The van der Waals surface area contributed by atoms with Crippen molar-refractivity contribution in [3.05, 3.63) is 102 Å². The maximum atomic E-state index is 15.8. The van der Waals surface area contributed by atoms with E-state index in [1.54, 1.807) is 18.7 Å². The van der Waals surface area contributed by atoms with Crippen molar-refractivity contribution >= 4 is 42.0 Å². The number of carbonyl (C=O) groups is 2. The van der Waals surface area contributed by atoms with Crippen LogP contribution < -0.4 is 30.5 Å². The monoisotopic (exact) mass is 766 g/mol. The summed E-state index contributed by atoms with van der Waals surface area (Å²) in [5.41, 5.74) is 0.336. The number of aromatic nitrogens is 1. The lowest BCUT2D eigenvalue weighted by atomic mass is 10.1. The number of likely N-dealkylation sites (tertiary alicyclic amines) is 1. The fourth-order valence-corrected chi connectivity index (χ4v) is 11.5. The summed E-state index contributed by atoms with van der Waals surface area (Å²) in [5.74, 6) is -2.32. The minimum absolute atomic E-state index is 0.207. The van der Waals surface area contributed by atoms with Crippen LogP contribution in [0.5, 0.6) is 11.6 Å². The van der Waals surface area contributed by atoms with Crippen LogP contribution in [0.25, 0.3) is 0 Å². The minimum Gasteiger partial charge on any atom is -0.481 e. The van der Waals surface area contributed by atoms with E-state index in [0.717, 1.165) is 29.4 Å². The highest BCUT2D eigenvalue weighted by molar-refractivity contribution is 6.99. The third-order valence-electron chi connectivity index (χ3n) is 9.76. The van der Waals surface area contributed by atoms with Crippen LogP contribution in [0.2, 0.25) is 5.04 Å². The molecular formula is C40H46F4N4O5Si. The number of urea groups is 1. The predicted octanol–water partition coefficient (Wildman–Crippen LogP) is 8.00. The van der Waals surface area contributed by atoms with E-state index in [9.17, 15) is 22.8 Å². The SMILES string of the molecule is COc1ncc(C)c(NC(=O)c2cc(F)c(NC(=O)N3CCC[C@@H]3CO[Si](c3ccccc3)(c3ccccc3)C(C)(C)C)cc2O[C@@H](C)C(F)(F)F)c1C. The first-order valence-corrected chi connectivity index (χ1v) is 19.6. The van der Waals surface area contributed by atoms with Crippen LogP contribution >= 0.6 is 0 Å². The molecule has 2 atom stereocenters. The minimum atomic E-state index is -4.80. The first-order valence-electron chi connectivity index (χ1n) is 17.7. The molecule has 0 spiro atoms. The number of rotatable bonds is 11. The number of nitrogens with zero attached hydrogens (tertiary/aromatic N) is 2. The van der Waals surface area contributed by atoms with Gasteiger partial charge in [-0.2, -0.15) is 13.2 Å². The van der Waals surface area contributed by atoms with Gasteiger partial charge in [-0.15, -0.1) is 0 Å². The third-order valence-corrected chi connectivity index (χ3v) is 14.8. The lowest BCUT2D eigenvalue weighted by Gasteiger charge is -2.44. The molecule has 1 aliphatic rings. The van der Waals surface area contributed by atoms with E-state index >= 15 is 4.39 Å². The van der Waals surface area contributed by atoms with E-state index in [1.165, 1.54) is 13.3 Å². The molecule has 2 N–H and O–H groups in total. The molecule has 288 valence electrons. The van der Waals surface area contributed by atoms with Gasteiger partial charge in [0.05, 0.1) is 36.7 Å². The van der Waals surface area contributed by atoms with Gasteiger partial charge in [0.1, 0.15) is 11.6 Å². The smallest absolute Gasteiger partial charge is 0.425 e. The predicted molar refractivity (Wildman–Crippen MR) is 203 cm³/mol. The van der Waals surface area contributed by atoms with E-state index in [1.807, 2.05) is 36.4 Å². The molecule has 2 heterocycles. The summed E-state index contributed by atoms with van der Waals surface area (Å²) in [5, 5.41) is 7.01. The molecule has 0 radical (unpaired) electrons. The number of benzene rings is 3. The summed E-state index contributed by atoms with van der Waals surface area (Å²) in [6.45, 7) is 11.1. The van der Waals surface area contributed by atoms with Crippen LogP contribution in [0.15, 0.2) is 79.0 Å². The third kappa shape index (κ3) is 8.39. The number of alkyl halides is 3. The van der Waals surface area contributed by atoms with Crippen molar-refractivity contribution in [3.63, 3.8) is 0 Å². The zero-order chi connectivity index (χ0) is 39.4. The average Bonchev–Trinajstić information content (AvgIpc) is 3.60. The molecule has 1 fully saturated rings. The van der Waals surface area contributed by atoms with Crippen molar-refractivity contribution in [1.29, 1.82) is 0 Å². The number of hydrogen-bond donors (Lipinski definition) is 2. The fraction of sp³-hybridized carbons (Fsp3) is 0.375. The first-order chi connectivity index (χ1) is 25.5. The Balaban J connectivity index is 1.43. The van der Waals surface area contributed by atoms with Gasteiger partial charge in [-0.1, -0.05) is 81.4 Å². The maximum Gasteiger partial charge on any atom is 0.425 e. The number of carbonyl (C=O) groups excluding carboxylic acids is 2. The standard InChI is InChI=1S/C40H46F4N4O5Si/c1-25-23-45-37(51-7)26(2)35(25)47-36(49)31-21-32(41)33(22-34(31)53-27(3)40(42,43)44)46-38(50)48-20-14-15-28(48)24-52-54(39(4,5)6,29-16-10-8-11-17-29)30-18-12-9-13-19-30/h8-13,16-19,21-23,27-28H,14-15,20,24H2,1-7H3,(H,46,50)(H,45,47,49)/t27-,28+/m0/s1. The van der Waals surface area contributed by atoms with Gasteiger partial charge in [0.2, 0.25) is 5.88 Å². The maximum absolute atomic E-state index is 15.8. The van der Waals surface area contributed by atoms with Crippen LogP contribution in [0.1, 0.15) is 62.0 Å². The van der Waals surface area contributed by atoms with Crippen LogP contribution in [0.3, 0.4) is 0 Å². The Morgan fingerprint density at radius 2 is 1.59 bits per heavy atom. The number of pyridine rings is 1. The fourth-order valence-electron chi connectivity index (χ4n) is 6.93. The number of halogens is 4. The molecule has 0 aliphatic carbocycles. The van der Waals surface area contributed by atoms with E-state index in [2.05, 4.69) is 60.7 Å². The Morgan fingerprint density at radius 1 is 0.981 bits per heavy atom. The van der Waals surface area contributed by atoms with Crippen molar-refractivity contribution in [2.75, 3.05) is 30.9 Å². The summed E-state index contributed by atoms with van der Waals surface area (Å²) in [6, 6.07) is 20.8. The molecule has 0 saturated carbocycles. The molecule has 1 saturated heterocycles. The lowest BCUT2D eigenvalue weighted by Crippen LogP contribution is -2.67. The van der Waals surface area contributed by atoms with Crippen LogP contribution in [0.4, 0.5) is 33.7 Å². The second kappa shape index (κ2) is 16.2. The molecular weight excluding hydrogens is 721 g/mol. The molecule has 5 rings (SSSR count). The zero-order valence-electron chi connectivity index (χ0n) is 31.4. The second-order valence-corrected chi connectivity index (χ2v) is 18.7. The van der Waals surface area contributed by atoms with Crippen LogP contribution in [-0.4, -0.2) is 68.7 Å². The summed E-state index contributed by atoms with van der Waals surface area (Å²) in [4.78, 5) is 33.0. The highest BCUT2D eigenvalue weighted by atomic mass is 28.4. The largest absolute Gasteiger partial charge is 0.481 e. The number of nitrogens with one attached hydrogen (secondary N) is 2. The van der Waals surface area contributed by atoms with E-state index in [-0.39, 0.29) is 23.6 Å². The molecule has 1 aromatic heterocycles. The Morgan fingerprint density at radius 3 is 2.15 bits per heavy atom. The molecule has 0 bridgehead atoms. The topological polar surface area (TPSA) is 102 Å². The number of amides is 3. The van der Waals surface area contributed by atoms with Crippen molar-refractivity contribution in [2.45, 2.75) is 77.7 Å². The molecule has 0 unspecified atom stereocenters. The van der Waals surface area contributed by atoms with Gasteiger partial charge < -0.3 is 29.4 Å². The van der Waals surface area contributed by atoms with Gasteiger partial charge in [0.15, 0.2) is 6.10 Å². The lowest BCUT2D eigenvalue weighted by molar-refractivity contribution is -0.189. The summed E-state index contributed by atoms with van der Waals surface area (Å²) < 4.78 is 74.4.